The van der Waals surface area contributed by atoms with Gasteiger partial charge in [0.25, 0.3) is 5.91 Å². The van der Waals surface area contributed by atoms with E-state index >= 15 is 0 Å². The number of rotatable bonds is 6. The Morgan fingerprint density at radius 1 is 1.18 bits per heavy atom. The predicted octanol–water partition coefficient (Wildman–Crippen LogP) is 3.38. The first-order valence-corrected chi connectivity index (χ1v) is 8.84. The second-order valence-electron chi connectivity index (χ2n) is 6.46. The number of carbonyl (C=O) groups excluding carboxylic acids is 2. The van der Waals surface area contributed by atoms with Crippen molar-refractivity contribution in [1.82, 2.24) is 14.7 Å². The van der Waals surface area contributed by atoms with E-state index in [0.717, 1.165) is 17.3 Å². The van der Waals surface area contributed by atoms with Gasteiger partial charge in [0.2, 0.25) is 5.91 Å². The molecule has 3 rings (SSSR count). The summed E-state index contributed by atoms with van der Waals surface area (Å²) >= 11 is 0. The Kier molecular flexibility index (Phi) is 5.67. The van der Waals surface area contributed by atoms with Crippen LogP contribution in [0.2, 0.25) is 0 Å². The quantitative estimate of drug-likeness (QED) is 0.638. The molecule has 2 aromatic heterocycles. The molecule has 0 atom stereocenters. The first-order chi connectivity index (χ1) is 13.4. The van der Waals surface area contributed by atoms with E-state index in [1.165, 1.54) is 6.07 Å². The molecule has 2 heterocycles. The van der Waals surface area contributed by atoms with Gasteiger partial charge in [0, 0.05) is 25.2 Å². The zero-order valence-corrected chi connectivity index (χ0v) is 15.6. The van der Waals surface area contributed by atoms with Crippen molar-refractivity contribution in [3.63, 3.8) is 0 Å². The van der Waals surface area contributed by atoms with Crippen molar-refractivity contribution < 1.29 is 18.4 Å². The first kappa shape index (κ1) is 19.5. The lowest BCUT2D eigenvalue weighted by Gasteiger charge is -2.08. The number of amides is 2. The number of anilines is 1. The Morgan fingerprint density at radius 3 is 2.71 bits per heavy atom. The minimum atomic E-state index is -0.833. The van der Waals surface area contributed by atoms with Crippen LogP contribution in [0.1, 0.15) is 34.6 Å². The molecular weight excluding hydrogens is 366 g/mol. The highest BCUT2D eigenvalue weighted by Gasteiger charge is 2.17. The van der Waals surface area contributed by atoms with Crippen molar-refractivity contribution >= 4 is 23.1 Å². The van der Waals surface area contributed by atoms with E-state index in [9.17, 15) is 18.4 Å². The molecular formula is C20H20F2N4O2. The average molecular weight is 386 g/mol. The number of hydrogen-bond acceptors (Lipinski definition) is 3. The number of benzene rings is 1. The first-order valence-electron chi connectivity index (χ1n) is 8.84. The third-order valence-corrected chi connectivity index (χ3v) is 4.31. The number of fused-ring (bicyclic) bond motifs is 1. The van der Waals surface area contributed by atoms with Crippen molar-refractivity contribution in [2.75, 3.05) is 11.9 Å². The summed E-state index contributed by atoms with van der Waals surface area (Å²) in [6, 6.07) is 6.71. The van der Waals surface area contributed by atoms with Crippen LogP contribution in [-0.2, 0) is 4.79 Å². The monoisotopic (exact) mass is 386 g/mol. The van der Waals surface area contributed by atoms with Gasteiger partial charge in [-0.3, -0.25) is 14.0 Å². The number of pyridine rings is 1. The Balaban J connectivity index is 1.53. The van der Waals surface area contributed by atoms with E-state index in [-0.39, 0.29) is 24.6 Å². The summed E-state index contributed by atoms with van der Waals surface area (Å²) in [5, 5.41) is 5.16. The van der Waals surface area contributed by atoms with Gasteiger partial charge in [-0.1, -0.05) is 6.07 Å². The highest BCUT2D eigenvalue weighted by molar-refractivity contribution is 5.95. The van der Waals surface area contributed by atoms with E-state index in [0.29, 0.717) is 23.9 Å². The maximum atomic E-state index is 13.5. The second-order valence-corrected chi connectivity index (χ2v) is 6.46. The zero-order valence-electron chi connectivity index (χ0n) is 15.6. The maximum Gasteiger partial charge on any atom is 0.270 e. The number of nitrogens with one attached hydrogen (secondary N) is 2. The van der Waals surface area contributed by atoms with Crippen molar-refractivity contribution in [3.05, 3.63) is 65.1 Å². The molecule has 6 nitrogen and oxygen atoms in total. The zero-order chi connectivity index (χ0) is 20.3. The molecule has 0 aliphatic rings. The highest BCUT2D eigenvalue weighted by Crippen LogP contribution is 2.16. The van der Waals surface area contributed by atoms with Crippen LogP contribution >= 0.6 is 0 Å². The van der Waals surface area contributed by atoms with Crippen molar-refractivity contribution in [2.24, 2.45) is 0 Å². The standard InChI is InChI=1S/C20H20F2N4O2/c1-12-5-4-10-26-18(13(2)24-19(12)26)20(28)23-9-3-6-17(27)25-16-8-7-14(21)11-15(16)22/h4-5,7-8,10-11H,3,6,9H2,1-2H3,(H,23,28)(H,25,27). The van der Waals surface area contributed by atoms with Crippen LogP contribution in [0.3, 0.4) is 0 Å². The third kappa shape index (κ3) is 4.16. The molecule has 146 valence electrons. The number of carbonyl (C=O) groups is 2. The van der Waals surface area contributed by atoms with Gasteiger partial charge in [0.05, 0.1) is 11.4 Å². The van der Waals surface area contributed by atoms with Gasteiger partial charge in [-0.25, -0.2) is 13.8 Å². The van der Waals surface area contributed by atoms with Gasteiger partial charge in [0.1, 0.15) is 23.0 Å². The van der Waals surface area contributed by atoms with Crippen molar-refractivity contribution in [1.29, 1.82) is 0 Å². The van der Waals surface area contributed by atoms with Crippen molar-refractivity contribution in [3.8, 4) is 0 Å². The maximum absolute atomic E-state index is 13.5. The Bertz CT molecular complexity index is 1050. The molecule has 28 heavy (non-hydrogen) atoms. The minimum absolute atomic E-state index is 0.0767. The smallest absolute Gasteiger partial charge is 0.270 e. The highest BCUT2D eigenvalue weighted by atomic mass is 19.1. The topological polar surface area (TPSA) is 75.5 Å². The molecule has 0 spiro atoms. The van der Waals surface area contributed by atoms with Crippen LogP contribution in [0, 0.1) is 25.5 Å². The van der Waals surface area contributed by atoms with Gasteiger partial charge in [-0.15, -0.1) is 0 Å². The summed E-state index contributed by atoms with van der Waals surface area (Å²) in [5.74, 6) is -2.24. The summed E-state index contributed by atoms with van der Waals surface area (Å²) in [4.78, 5) is 28.8. The van der Waals surface area contributed by atoms with Crippen LogP contribution in [0.5, 0.6) is 0 Å². The fourth-order valence-electron chi connectivity index (χ4n) is 2.93. The number of hydrogen-bond donors (Lipinski definition) is 2. The molecule has 1 aromatic carbocycles. The van der Waals surface area contributed by atoms with Crippen LogP contribution < -0.4 is 10.6 Å². The number of aryl methyl sites for hydroxylation is 2. The van der Waals surface area contributed by atoms with Gasteiger partial charge >= 0.3 is 0 Å². The van der Waals surface area contributed by atoms with Crippen molar-refractivity contribution in [2.45, 2.75) is 26.7 Å². The largest absolute Gasteiger partial charge is 0.351 e. The molecule has 0 radical (unpaired) electrons. The minimum Gasteiger partial charge on any atom is -0.351 e. The summed E-state index contributed by atoms with van der Waals surface area (Å²) in [6.07, 6.45) is 2.24. The summed E-state index contributed by atoms with van der Waals surface area (Å²) in [7, 11) is 0. The Morgan fingerprint density at radius 2 is 1.96 bits per heavy atom. The molecule has 0 saturated carbocycles. The lowest BCUT2D eigenvalue weighted by Crippen LogP contribution is -2.27. The average Bonchev–Trinajstić information content (AvgIpc) is 2.98. The summed E-state index contributed by atoms with van der Waals surface area (Å²) < 4.78 is 28.2. The van der Waals surface area contributed by atoms with E-state index in [2.05, 4.69) is 15.6 Å². The third-order valence-electron chi connectivity index (χ3n) is 4.31. The molecule has 0 aliphatic heterocycles. The normalized spacial score (nSPS) is 10.9. The van der Waals surface area contributed by atoms with Crippen LogP contribution in [0.4, 0.5) is 14.5 Å². The SMILES string of the molecule is Cc1nc2c(C)cccn2c1C(=O)NCCCC(=O)Nc1ccc(F)cc1F. The summed E-state index contributed by atoms with van der Waals surface area (Å²) in [5.41, 5.74) is 2.69. The number of halogens is 2. The predicted molar refractivity (Wildman–Crippen MR) is 101 cm³/mol. The molecule has 2 N–H and O–H groups in total. The van der Waals surface area contributed by atoms with E-state index in [1.807, 2.05) is 19.1 Å². The molecule has 0 aliphatic carbocycles. The van der Waals surface area contributed by atoms with E-state index in [4.69, 9.17) is 0 Å². The molecule has 0 bridgehead atoms. The van der Waals surface area contributed by atoms with Crippen LogP contribution in [0.25, 0.3) is 5.65 Å². The van der Waals surface area contributed by atoms with E-state index < -0.39 is 17.5 Å². The Hall–Kier alpha value is -3.29. The Labute approximate surface area is 160 Å². The molecule has 0 unspecified atom stereocenters. The summed E-state index contributed by atoms with van der Waals surface area (Å²) in [6.45, 7) is 3.97. The van der Waals surface area contributed by atoms with Crippen LogP contribution in [-0.4, -0.2) is 27.7 Å². The number of nitrogens with zero attached hydrogens (tertiary/aromatic N) is 2. The fraction of sp³-hybridized carbons (Fsp3) is 0.250. The second kappa shape index (κ2) is 8.16. The van der Waals surface area contributed by atoms with Crippen LogP contribution in [0.15, 0.2) is 36.5 Å². The van der Waals surface area contributed by atoms with Gasteiger partial charge in [-0.2, -0.15) is 0 Å². The lowest BCUT2D eigenvalue weighted by atomic mass is 10.2. The lowest BCUT2D eigenvalue weighted by molar-refractivity contribution is -0.116. The number of aromatic nitrogens is 2. The molecule has 8 heteroatoms. The molecule has 0 fully saturated rings. The molecule has 0 saturated heterocycles. The van der Waals surface area contributed by atoms with Gasteiger partial charge in [0.15, 0.2) is 0 Å². The number of imidazole rings is 1. The van der Waals surface area contributed by atoms with Gasteiger partial charge < -0.3 is 10.6 Å². The van der Waals surface area contributed by atoms with Gasteiger partial charge in [-0.05, 0) is 44.0 Å². The van der Waals surface area contributed by atoms with E-state index in [1.54, 1.807) is 17.5 Å². The molecule has 3 aromatic rings. The molecule has 2 amide bonds. The fourth-order valence-corrected chi connectivity index (χ4v) is 2.93.